The quantitative estimate of drug-likeness (QED) is 0.573. The number of hydrogen-bond donors (Lipinski definition) is 1. The molecule has 1 aromatic heterocycles. The Labute approximate surface area is 178 Å². The number of aliphatic hydroxyl groups is 1. The second-order valence-electron chi connectivity index (χ2n) is 8.10. The standard InChI is InChI=1S/C25H31N3O2/c1-27-18-21(19-28-16-6-5-8-22(28)9-7-17-29)25(26-27)20-12-14-24(15-13-20)30-23-10-3-2-4-11-23/h2-4,10-15,18,22,29H,5-9,16-17,19H2,1H3. The Hall–Kier alpha value is -2.63. The summed E-state index contributed by atoms with van der Waals surface area (Å²) in [5, 5.41) is 14.0. The molecule has 0 aliphatic carbocycles. The molecule has 5 heteroatoms. The molecule has 0 saturated carbocycles. The van der Waals surface area contributed by atoms with E-state index in [9.17, 15) is 5.11 Å². The Kier molecular flexibility index (Phi) is 6.82. The smallest absolute Gasteiger partial charge is 0.127 e. The van der Waals surface area contributed by atoms with Gasteiger partial charge in [0, 0.05) is 43.6 Å². The van der Waals surface area contributed by atoms with Crippen molar-refractivity contribution >= 4 is 0 Å². The number of nitrogens with zero attached hydrogens (tertiary/aromatic N) is 3. The van der Waals surface area contributed by atoms with E-state index >= 15 is 0 Å². The van der Waals surface area contributed by atoms with E-state index in [0.29, 0.717) is 6.04 Å². The van der Waals surface area contributed by atoms with Crippen LogP contribution in [-0.4, -0.2) is 39.0 Å². The average molecular weight is 406 g/mol. The van der Waals surface area contributed by atoms with E-state index in [2.05, 4.69) is 23.2 Å². The number of hydrogen-bond acceptors (Lipinski definition) is 4. The molecule has 0 bridgehead atoms. The highest BCUT2D eigenvalue weighted by molar-refractivity contribution is 5.63. The van der Waals surface area contributed by atoms with Crippen LogP contribution in [0.2, 0.25) is 0 Å². The first-order valence-corrected chi connectivity index (χ1v) is 10.9. The Balaban J connectivity index is 1.50. The molecule has 3 aromatic rings. The molecular weight excluding hydrogens is 374 g/mol. The zero-order chi connectivity index (χ0) is 20.8. The molecule has 1 aliphatic rings. The third-order valence-corrected chi connectivity index (χ3v) is 5.83. The number of rotatable bonds is 8. The fourth-order valence-electron chi connectivity index (χ4n) is 4.34. The van der Waals surface area contributed by atoms with Gasteiger partial charge in [0.1, 0.15) is 11.5 Å². The van der Waals surface area contributed by atoms with Gasteiger partial charge in [0.2, 0.25) is 0 Å². The maximum Gasteiger partial charge on any atom is 0.127 e. The van der Waals surface area contributed by atoms with Gasteiger partial charge in [-0.25, -0.2) is 0 Å². The molecule has 2 aromatic carbocycles. The second-order valence-corrected chi connectivity index (χ2v) is 8.10. The number of ether oxygens (including phenoxy) is 1. The van der Waals surface area contributed by atoms with Crippen LogP contribution in [0.1, 0.15) is 37.7 Å². The van der Waals surface area contributed by atoms with Gasteiger partial charge in [-0.2, -0.15) is 5.10 Å². The molecule has 30 heavy (non-hydrogen) atoms. The Morgan fingerprint density at radius 3 is 2.57 bits per heavy atom. The van der Waals surface area contributed by atoms with Gasteiger partial charge in [0.05, 0.1) is 5.69 Å². The molecule has 1 aliphatic heterocycles. The van der Waals surface area contributed by atoms with E-state index in [1.165, 1.54) is 24.8 Å². The fraction of sp³-hybridized carbons (Fsp3) is 0.400. The number of likely N-dealkylation sites (tertiary alicyclic amines) is 1. The van der Waals surface area contributed by atoms with Gasteiger partial charge in [0.25, 0.3) is 0 Å². The van der Waals surface area contributed by atoms with Crippen LogP contribution in [0.25, 0.3) is 11.3 Å². The molecule has 158 valence electrons. The van der Waals surface area contributed by atoms with E-state index < -0.39 is 0 Å². The Morgan fingerprint density at radius 2 is 1.80 bits per heavy atom. The van der Waals surface area contributed by atoms with Crippen molar-refractivity contribution in [3.8, 4) is 22.8 Å². The molecule has 5 nitrogen and oxygen atoms in total. The monoisotopic (exact) mass is 405 g/mol. The normalized spacial score (nSPS) is 17.2. The highest BCUT2D eigenvalue weighted by Gasteiger charge is 2.24. The van der Waals surface area contributed by atoms with Gasteiger partial charge < -0.3 is 9.84 Å². The Morgan fingerprint density at radius 1 is 1.03 bits per heavy atom. The summed E-state index contributed by atoms with van der Waals surface area (Å²) in [4.78, 5) is 2.58. The SMILES string of the molecule is Cn1cc(CN2CCCCC2CCCO)c(-c2ccc(Oc3ccccc3)cc2)n1. The van der Waals surface area contributed by atoms with Crippen molar-refractivity contribution in [2.45, 2.75) is 44.7 Å². The number of benzene rings is 2. The lowest BCUT2D eigenvalue weighted by molar-refractivity contribution is 0.124. The van der Waals surface area contributed by atoms with Crippen molar-refractivity contribution in [2.75, 3.05) is 13.2 Å². The first-order chi connectivity index (χ1) is 14.7. The van der Waals surface area contributed by atoms with Crippen molar-refractivity contribution in [3.63, 3.8) is 0 Å². The van der Waals surface area contributed by atoms with Crippen molar-refractivity contribution in [1.82, 2.24) is 14.7 Å². The van der Waals surface area contributed by atoms with Crippen molar-refractivity contribution in [3.05, 3.63) is 66.4 Å². The van der Waals surface area contributed by atoms with Crippen LogP contribution < -0.4 is 4.74 Å². The van der Waals surface area contributed by atoms with Crippen LogP contribution >= 0.6 is 0 Å². The number of piperidine rings is 1. The first-order valence-electron chi connectivity index (χ1n) is 10.9. The molecule has 0 spiro atoms. The molecule has 1 fully saturated rings. The molecule has 0 radical (unpaired) electrons. The third-order valence-electron chi connectivity index (χ3n) is 5.83. The van der Waals surface area contributed by atoms with E-state index in [4.69, 9.17) is 9.84 Å². The maximum atomic E-state index is 9.24. The summed E-state index contributed by atoms with van der Waals surface area (Å²) in [6, 6.07) is 18.6. The van der Waals surface area contributed by atoms with E-state index in [-0.39, 0.29) is 6.61 Å². The average Bonchev–Trinajstić information content (AvgIpc) is 3.14. The van der Waals surface area contributed by atoms with Gasteiger partial charge in [-0.05, 0) is 68.6 Å². The second kappa shape index (κ2) is 9.92. The maximum absolute atomic E-state index is 9.24. The molecule has 1 atom stereocenters. The zero-order valence-corrected chi connectivity index (χ0v) is 17.7. The van der Waals surface area contributed by atoms with Gasteiger partial charge in [-0.15, -0.1) is 0 Å². The van der Waals surface area contributed by atoms with Crippen molar-refractivity contribution < 1.29 is 9.84 Å². The summed E-state index contributed by atoms with van der Waals surface area (Å²) in [7, 11) is 1.99. The first kappa shape index (κ1) is 20.6. The minimum atomic E-state index is 0.278. The lowest BCUT2D eigenvalue weighted by Gasteiger charge is -2.35. The molecule has 2 heterocycles. The number of aromatic nitrogens is 2. The number of aryl methyl sites for hydroxylation is 1. The predicted octanol–water partition coefficient (Wildman–Crippen LogP) is 5.01. The molecular formula is C25H31N3O2. The molecule has 0 amide bonds. The molecule has 1 saturated heterocycles. The lowest BCUT2D eigenvalue weighted by atomic mass is 9.97. The number of para-hydroxylation sites is 1. The van der Waals surface area contributed by atoms with Crippen LogP contribution in [0.15, 0.2) is 60.8 Å². The topological polar surface area (TPSA) is 50.5 Å². The van der Waals surface area contributed by atoms with Gasteiger partial charge in [-0.1, -0.05) is 24.6 Å². The number of aliphatic hydroxyl groups excluding tert-OH is 1. The van der Waals surface area contributed by atoms with Gasteiger partial charge in [0.15, 0.2) is 0 Å². The van der Waals surface area contributed by atoms with Crippen LogP contribution in [0.3, 0.4) is 0 Å². The van der Waals surface area contributed by atoms with Crippen molar-refractivity contribution in [2.24, 2.45) is 7.05 Å². The minimum absolute atomic E-state index is 0.278. The summed E-state index contributed by atoms with van der Waals surface area (Å²) in [5.74, 6) is 1.66. The third kappa shape index (κ3) is 5.10. The summed E-state index contributed by atoms with van der Waals surface area (Å²) in [6.07, 6.45) is 7.84. The largest absolute Gasteiger partial charge is 0.457 e. The van der Waals surface area contributed by atoms with Crippen LogP contribution in [0, 0.1) is 0 Å². The van der Waals surface area contributed by atoms with Crippen LogP contribution in [0.5, 0.6) is 11.5 Å². The van der Waals surface area contributed by atoms with Crippen LogP contribution in [0.4, 0.5) is 0 Å². The van der Waals surface area contributed by atoms with Crippen LogP contribution in [-0.2, 0) is 13.6 Å². The summed E-state index contributed by atoms with van der Waals surface area (Å²) < 4.78 is 7.83. The molecule has 4 rings (SSSR count). The zero-order valence-electron chi connectivity index (χ0n) is 17.7. The highest BCUT2D eigenvalue weighted by atomic mass is 16.5. The van der Waals surface area contributed by atoms with E-state index in [1.54, 1.807) is 0 Å². The Bertz CT molecular complexity index is 921. The highest BCUT2D eigenvalue weighted by Crippen LogP contribution is 2.29. The predicted molar refractivity (Wildman–Crippen MR) is 120 cm³/mol. The van der Waals surface area contributed by atoms with E-state index in [0.717, 1.165) is 48.7 Å². The van der Waals surface area contributed by atoms with E-state index in [1.807, 2.05) is 54.2 Å². The summed E-state index contributed by atoms with van der Waals surface area (Å²) in [6.45, 7) is 2.30. The van der Waals surface area contributed by atoms with Gasteiger partial charge in [-0.3, -0.25) is 9.58 Å². The summed E-state index contributed by atoms with van der Waals surface area (Å²) >= 11 is 0. The lowest BCUT2D eigenvalue weighted by Crippen LogP contribution is -2.39. The van der Waals surface area contributed by atoms with Crippen molar-refractivity contribution in [1.29, 1.82) is 0 Å². The molecule has 1 N–H and O–H groups in total. The van der Waals surface area contributed by atoms with Gasteiger partial charge >= 0.3 is 0 Å². The fourth-order valence-corrected chi connectivity index (χ4v) is 4.34. The minimum Gasteiger partial charge on any atom is -0.457 e. The summed E-state index contributed by atoms with van der Waals surface area (Å²) in [5.41, 5.74) is 3.40. The molecule has 1 unspecified atom stereocenters.